The maximum atomic E-state index is 12.3. The van der Waals surface area contributed by atoms with Gasteiger partial charge in [0.2, 0.25) is 0 Å². The molecule has 72 valence electrons. The van der Waals surface area contributed by atoms with Gasteiger partial charge >= 0.3 is 0 Å². The lowest BCUT2D eigenvalue weighted by atomic mass is 10.1. The Morgan fingerprint density at radius 1 is 1.54 bits per heavy atom. The number of halogens is 3. The third-order valence-corrected chi connectivity index (χ3v) is 1.91. The first-order valence-corrected chi connectivity index (χ1v) is 4.15. The largest absolute Gasteiger partial charge is 0.390 e. The van der Waals surface area contributed by atoms with E-state index in [1.807, 2.05) is 0 Å². The van der Waals surface area contributed by atoms with Crippen LogP contribution in [-0.4, -0.2) is 10.1 Å². The Kier molecular flexibility index (Phi) is 3.57. The number of hydrogen-bond donors (Lipinski definition) is 1. The second kappa shape index (κ2) is 4.48. The molecular formula is C8H8ClF2NO. The number of nitrogens with zero attached hydrogens (tertiary/aromatic N) is 1. The molecule has 5 heteroatoms. The maximum absolute atomic E-state index is 12.3. The van der Waals surface area contributed by atoms with Gasteiger partial charge in [0.15, 0.2) is 0 Å². The van der Waals surface area contributed by atoms with Gasteiger partial charge < -0.3 is 5.11 Å². The molecule has 0 saturated heterocycles. The number of hydrogen-bond acceptors (Lipinski definition) is 2. The number of aromatic nitrogens is 1. The highest BCUT2D eigenvalue weighted by Gasteiger charge is 2.13. The van der Waals surface area contributed by atoms with Crippen LogP contribution in [0.25, 0.3) is 0 Å². The quantitative estimate of drug-likeness (QED) is 0.772. The molecule has 13 heavy (non-hydrogen) atoms. The molecule has 0 saturated carbocycles. The van der Waals surface area contributed by atoms with E-state index in [0.717, 1.165) is 0 Å². The first-order chi connectivity index (χ1) is 6.19. The van der Waals surface area contributed by atoms with Crippen molar-refractivity contribution in [2.45, 2.75) is 18.9 Å². The second-order valence-electron chi connectivity index (χ2n) is 2.47. The first kappa shape index (κ1) is 10.3. The summed E-state index contributed by atoms with van der Waals surface area (Å²) in [5, 5.41) is 8.70. The maximum Gasteiger partial charge on any atom is 0.265 e. The summed E-state index contributed by atoms with van der Waals surface area (Å²) in [6.45, 7) is -0.484. The highest BCUT2D eigenvalue weighted by molar-refractivity contribution is 6.17. The topological polar surface area (TPSA) is 33.1 Å². The Morgan fingerprint density at radius 2 is 2.23 bits per heavy atom. The standard InChI is InChI=1S/C8H8ClF2NO/c9-2-5-1-6(8(10)11)7(4-13)12-3-5/h1,3,8,13H,2,4H2. The van der Waals surface area contributed by atoms with Crippen LogP contribution >= 0.6 is 11.6 Å². The first-order valence-electron chi connectivity index (χ1n) is 3.61. The molecular weight excluding hydrogens is 200 g/mol. The zero-order chi connectivity index (χ0) is 9.84. The summed E-state index contributed by atoms with van der Waals surface area (Å²) in [5.74, 6) is 0.137. The van der Waals surface area contributed by atoms with Crippen molar-refractivity contribution < 1.29 is 13.9 Å². The van der Waals surface area contributed by atoms with E-state index in [1.165, 1.54) is 12.3 Å². The van der Waals surface area contributed by atoms with Crippen LogP contribution in [0.15, 0.2) is 12.3 Å². The van der Waals surface area contributed by atoms with E-state index in [0.29, 0.717) is 5.56 Å². The van der Waals surface area contributed by atoms with Crippen molar-refractivity contribution in [3.05, 3.63) is 29.1 Å². The molecule has 1 rings (SSSR count). The van der Waals surface area contributed by atoms with E-state index in [4.69, 9.17) is 16.7 Å². The summed E-state index contributed by atoms with van der Waals surface area (Å²) in [6.07, 6.45) is -1.25. The van der Waals surface area contributed by atoms with Gasteiger partial charge in [0.05, 0.1) is 12.3 Å². The van der Waals surface area contributed by atoms with E-state index in [2.05, 4.69) is 4.98 Å². The predicted molar refractivity (Wildman–Crippen MR) is 44.7 cm³/mol. The van der Waals surface area contributed by atoms with E-state index in [-0.39, 0.29) is 17.1 Å². The summed E-state index contributed by atoms with van der Waals surface area (Å²) < 4.78 is 24.7. The van der Waals surface area contributed by atoms with E-state index >= 15 is 0 Å². The van der Waals surface area contributed by atoms with Crippen LogP contribution in [-0.2, 0) is 12.5 Å². The summed E-state index contributed by atoms with van der Waals surface area (Å²) in [7, 11) is 0. The normalized spacial score (nSPS) is 10.8. The predicted octanol–water partition coefficient (Wildman–Crippen LogP) is 2.25. The van der Waals surface area contributed by atoms with Gasteiger partial charge in [-0.2, -0.15) is 0 Å². The molecule has 1 N–H and O–H groups in total. The molecule has 0 fully saturated rings. The zero-order valence-electron chi connectivity index (χ0n) is 6.67. The minimum absolute atomic E-state index is 0.00358. The Labute approximate surface area is 79.2 Å². The van der Waals surface area contributed by atoms with Crippen LogP contribution in [0.5, 0.6) is 0 Å². The van der Waals surface area contributed by atoms with Crippen LogP contribution in [0.1, 0.15) is 23.2 Å². The van der Waals surface area contributed by atoms with Gasteiger partial charge in [-0.05, 0) is 11.6 Å². The van der Waals surface area contributed by atoms with Crippen LogP contribution < -0.4 is 0 Å². The number of alkyl halides is 3. The van der Waals surface area contributed by atoms with Crippen LogP contribution in [0.4, 0.5) is 8.78 Å². The Balaban J connectivity index is 3.10. The molecule has 0 aliphatic heterocycles. The summed E-state index contributed by atoms with van der Waals surface area (Å²) in [6, 6.07) is 1.26. The highest BCUT2D eigenvalue weighted by atomic mass is 35.5. The molecule has 1 aromatic heterocycles. The Morgan fingerprint density at radius 3 is 2.69 bits per heavy atom. The van der Waals surface area contributed by atoms with Crippen molar-refractivity contribution in [3.8, 4) is 0 Å². The molecule has 0 aliphatic carbocycles. The molecule has 0 bridgehead atoms. The molecule has 1 heterocycles. The van der Waals surface area contributed by atoms with Crippen LogP contribution in [0, 0.1) is 0 Å². The fourth-order valence-electron chi connectivity index (χ4n) is 0.950. The van der Waals surface area contributed by atoms with Crippen molar-refractivity contribution in [3.63, 3.8) is 0 Å². The van der Waals surface area contributed by atoms with Crippen LogP contribution in [0.3, 0.4) is 0 Å². The van der Waals surface area contributed by atoms with Crippen molar-refractivity contribution in [2.75, 3.05) is 0 Å². The van der Waals surface area contributed by atoms with Crippen molar-refractivity contribution >= 4 is 11.6 Å². The van der Waals surface area contributed by atoms with Gasteiger partial charge in [0.1, 0.15) is 0 Å². The lowest BCUT2D eigenvalue weighted by Gasteiger charge is -2.06. The van der Waals surface area contributed by atoms with Crippen molar-refractivity contribution in [1.29, 1.82) is 0 Å². The molecule has 0 aromatic carbocycles. The van der Waals surface area contributed by atoms with Gasteiger partial charge in [0, 0.05) is 17.6 Å². The van der Waals surface area contributed by atoms with Crippen molar-refractivity contribution in [1.82, 2.24) is 4.98 Å². The molecule has 0 amide bonds. The lowest BCUT2D eigenvalue weighted by molar-refractivity contribution is 0.146. The molecule has 0 aliphatic rings. The Bertz CT molecular complexity index is 293. The molecule has 0 unspecified atom stereocenters. The van der Waals surface area contributed by atoms with Crippen LogP contribution in [0.2, 0.25) is 0 Å². The third kappa shape index (κ3) is 2.35. The average Bonchev–Trinajstić information content (AvgIpc) is 2.16. The molecule has 0 atom stereocenters. The van der Waals surface area contributed by atoms with E-state index < -0.39 is 13.0 Å². The molecule has 1 aromatic rings. The second-order valence-corrected chi connectivity index (χ2v) is 2.74. The summed E-state index contributed by atoms with van der Waals surface area (Å²) in [4.78, 5) is 3.67. The van der Waals surface area contributed by atoms with Crippen molar-refractivity contribution in [2.24, 2.45) is 0 Å². The summed E-state index contributed by atoms with van der Waals surface area (Å²) >= 11 is 5.45. The van der Waals surface area contributed by atoms with Gasteiger partial charge in [0.25, 0.3) is 6.43 Å². The lowest BCUT2D eigenvalue weighted by Crippen LogP contribution is -1.99. The smallest absolute Gasteiger partial charge is 0.265 e. The fraction of sp³-hybridized carbons (Fsp3) is 0.375. The highest BCUT2D eigenvalue weighted by Crippen LogP contribution is 2.23. The summed E-state index contributed by atoms with van der Waals surface area (Å²) in [5.41, 5.74) is 0.277. The van der Waals surface area contributed by atoms with Gasteiger partial charge in [-0.25, -0.2) is 8.78 Å². The molecule has 0 spiro atoms. The fourth-order valence-corrected chi connectivity index (χ4v) is 1.10. The monoisotopic (exact) mass is 207 g/mol. The van der Waals surface area contributed by atoms with Gasteiger partial charge in [-0.1, -0.05) is 0 Å². The van der Waals surface area contributed by atoms with E-state index in [9.17, 15) is 8.78 Å². The minimum atomic E-state index is -2.63. The number of pyridine rings is 1. The number of aliphatic hydroxyl groups excluding tert-OH is 1. The van der Waals surface area contributed by atoms with Gasteiger partial charge in [-0.3, -0.25) is 4.98 Å². The number of aliphatic hydroxyl groups is 1. The zero-order valence-corrected chi connectivity index (χ0v) is 7.43. The minimum Gasteiger partial charge on any atom is -0.390 e. The number of rotatable bonds is 3. The molecule has 2 nitrogen and oxygen atoms in total. The van der Waals surface area contributed by atoms with Gasteiger partial charge in [-0.15, -0.1) is 11.6 Å². The third-order valence-electron chi connectivity index (χ3n) is 1.60. The Hall–Kier alpha value is -0.740. The SMILES string of the molecule is OCc1ncc(CCl)cc1C(F)F. The molecule has 0 radical (unpaired) electrons. The average molecular weight is 208 g/mol. The van der Waals surface area contributed by atoms with E-state index in [1.54, 1.807) is 0 Å².